The molecular formula is C13H20O3. The van der Waals surface area contributed by atoms with Crippen molar-refractivity contribution in [3.05, 3.63) is 12.2 Å². The monoisotopic (exact) mass is 224 g/mol. The Bertz CT molecular complexity index is 232. The van der Waals surface area contributed by atoms with Gasteiger partial charge in [-0.05, 0) is 31.1 Å². The van der Waals surface area contributed by atoms with Crippen molar-refractivity contribution in [3.8, 4) is 0 Å². The molecule has 16 heavy (non-hydrogen) atoms. The molecule has 3 fully saturated rings. The van der Waals surface area contributed by atoms with Gasteiger partial charge in [0.05, 0.1) is 26.4 Å². The molecule has 0 radical (unpaired) electrons. The van der Waals surface area contributed by atoms with E-state index in [1.165, 1.54) is 19.3 Å². The third kappa shape index (κ3) is 3.30. The highest BCUT2D eigenvalue weighted by Gasteiger charge is 2.26. The van der Waals surface area contributed by atoms with Crippen LogP contribution in [0.15, 0.2) is 12.2 Å². The molecule has 2 bridgehead atoms. The Balaban J connectivity index is 0.000000104. The molecule has 2 heterocycles. The lowest BCUT2D eigenvalue weighted by atomic mass is 10.1. The third-order valence-corrected chi connectivity index (χ3v) is 3.58. The molecule has 2 saturated heterocycles. The van der Waals surface area contributed by atoms with Crippen LogP contribution in [0.2, 0.25) is 0 Å². The molecule has 0 spiro atoms. The normalized spacial score (nSPS) is 41.8. The van der Waals surface area contributed by atoms with E-state index in [1.54, 1.807) is 0 Å². The van der Waals surface area contributed by atoms with Gasteiger partial charge in [-0.25, -0.2) is 0 Å². The highest BCUT2D eigenvalue weighted by Crippen LogP contribution is 2.38. The molecule has 4 rings (SSSR count). The second-order valence-electron chi connectivity index (χ2n) is 5.17. The molecule has 0 aromatic carbocycles. The molecule has 0 amide bonds. The second kappa shape index (κ2) is 4.86. The highest BCUT2D eigenvalue weighted by atomic mass is 16.6. The minimum absolute atomic E-state index is 0.392. The van der Waals surface area contributed by atoms with Gasteiger partial charge in [-0.1, -0.05) is 12.2 Å². The van der Waals surface area contributed by atoms with Crippen molar-refractivity contribution in [3.63, 3.8) is 0 Å². The summed E-state index contributed by atoms with van der Waals surface area (Å²) < 4.78 is 15.1. The molecule has 3 nitrogen and oxygen atoms in total. The maximum absolute atomic E-state index is 5.23. The van der Waals surface area contributed by atoms with E-state index < -0.39 is 0 Å². The zero-order chi connectivity index (χ0) is 10.8. The summed E-state index contributed by atoms with van der Waals surface area (Å²) in [5.41, 5.74) is 0. The molecule has 0 aromatic heterocycles. The van der Waals surface area contributed by atoms with Gasteiger partial charge in [-0.15, -0.1) is 0 Å². The van der Waals surface area contributed by atoms with Gasteiger partial charge in [-0.2, -0.15) is 0 Å². The first-order valence-corrected chi connectivity index (χ1v) is 6.39. The molecule has 4 unspecified atom stereocenters. The van der Waals surface area contributed by atoms with Crippen LogP contribution in [0, 0.1) is 11.8 Å². The van der Waals surface area contributed by atoms with Crippen molar-refractivity contribution in [1.82, 2.24) is 0 Å². The minimum Gasteiger partial charge on any atom is -0.376 e. The number of hydrogen-bond acceptors (Lipinski definition) is 3. The Morgan fingerprint density at radius 3 is 1.69 bits per heavy atom. The SMILES string of the molecule is C(OCC1CO1)C1CO1.C1=CC2CCC1C2. The number of hydrogen-bond donors (Lipinski definition) is 0. The molecule has 90 valence electrons. The average Bonchev–Trinajstić information content (AvgIpc) is 3.23. The first-order valence-electron chi connectivity index (χ1n) is 6.39. The maximum Gasteiger partial charge on any atom is 0.104 e. The Kier molecular flexibility index (Phi) is 3.27. The number of rotatable bonds is 4. The van der Waals surface area contributed by atoms with Crippen molar-refractivity contribution in [2.75, 3.05) is 26.4 Å². The molecule has 1 saturated carbocycles. The predicted molar refractivity (Wildman–Crippen MR) is 60.3 cm³/mol. The Morgan fingerprint density at radius 1 is 0.938 bits per heavy atom. The Morgan fingerprint density at radius 2 is 1.44 bits per heavy atom. The standard InChI is InChI=1S/C7H10.C6H10O3/c1-2-7-4-3-6(1)5-7;1(5-3-8-5)7-2-6-4-9-6/h1-2,6-7H,3-5H2;5-6H,1-4H2. The van der Waals surface area contributed by atoms with Gasteiger partial charge in [0, 0.05) is 0 Å². The van der Waals surface area contributed by atoms with E-state index in [1.807, 2.05) is 0 Å². The van der Waals surface area contributed by atoms with Gasteiger partial charge in [0.2, 0.25) is 0 Å². The van der Waals surface area contributed by atoms with E-state index in [0.717, 1.165) is 38.3 Å². The lowest BCUT2D eigenvalue weighted by molar-refractivity contribution is 0.102. The van der Waals surface area contributed by atoms with E-state index in [4.69, 9.17) is 14.2 Å². The van der Waals surface area contributed by atoms with E-state index in [2.05, 4.69) is 12.2 Å². The zero-order valence-electron chi connectivity index (χ0n) is 9.64. The van der Waals surface area contributed by atoms with Crippen molar-refractivity contribution < 1.29 is 14.2 Å². The number of ether oxygens (including phenoxy) is 3. The summed E-state index contributed by atoms with van der Waals surface area (Å²) in [6.45, 7) is 3.26. The molecule has 0 N–H and O–H groups in total. The van der Waals surface area contributed by atoms with Crippen LogP contribution in [-0.2, 0) is 14.2 Å². The lowest BCUT2D eigenvalue weighted by Gasteiger charge is -1.96. The molecule has 0 aromatic rings. The van der Waals surface area contributed by atoms with Crippen molar-refractivity contribution >= 4 is 0 Å². The van der Waals surface area contributed by atoms with Crippen LogP contribution < -0.4 is 0 Å². The van der Waals surface area contributed by atoms with Crippen LogP contribution in [0.1, 0.15) is 19.3 Å². The summed E-state index contributed by atoms with van der Waals surface area (Å²) in [4.78, 5) is 0. The third-order valence-electron chi connectivity index (χ3n) is 3.58. The first kappa shape index (κ1) is 10.8. The number of epoxide rings is 2. The van der Waals surface area contributed by atoms with E-state index in [0.29, 0.717) is 12.2 Å². The predicted octanol–water partition coefficient (Wildman–Crippen LogP) is 1.77. The summed E-state index contributed by atoms with van der Waals surface area (Å²) in [7, 11) is 0. The lowest BCUT2D eigenvalue weighted by Crippen LogP contribution is -2.06. The van der Waals surface area contributed by atoms with Crippen molar-refractivity contribution in [2.45, 2.75) is 31.5 Å². The summed E-state index contributed by atoms with van der Waals surface area (Å²) in [5.74, 6) is 1.98. The summed E-state index contributed by atoms with van der Waals surface area (Å²) in [5, 5.41) is 0. The Labute approximate surface area is 96.8 Å². The van der Waals surface area contributed by atoms with Gasteiger partial charge in [0.25, 0.3) is 0 Å². The van der Waals surface area contributed by atoms with E-state index in [-0.39, 0.29) is 0 Å². The van der Waals surface area contributed by atoms with Crippen LogP contribution >= 0.6 is 0 Å². The van der Waals surface area contributed by atoms with Gasteiger partial charge in [0.15, 0.2) is 0 Å². The topological polar surface area (TPSA) is 34.3 Å². The summed E-state index contributed by atoms with van der Waals surface area (Å²) in [6, 6.07) is 0. The largest absolute Gasteiger partial charge is 0.376 e. The van der Waals surface area contributed by atoms with Crippen LogP contribution in [0.25, 0.3) is 0 Å². The van der Waals surface area contributed by atoms with Crippen molar-refractivity contribution in [1.29, 1.82) is 0 Å². The molecule has 4 atom stereocenters. The molecule has 2 aliphatic carbocycles. The molecular weight excluding hydrogens is 204 g/mol. The fourth-order valence-electron chi connectivity index (χ4n) is 2.38. The van der Waals surface area contributed by atoms with Crippen LogP contribution in [0.3, 0.4) is 0 Å². The second-order valence-corrected chi connectivity index (χ2v) is 5.17. The van der Waals surface area contributed by atoms with Gasteiger partial charge < -0.3 is 14.2 Å². The van der Waals surface area contributed by atoms with Crippen LogP contribution in [0.4, 0.5) is 0 Å². The smallest absolute Gasteiger partial charge is 0.104 e. The molecule has 3 heteroatoms. The minimum atomic E-state index is 0.392. The quantitative estimate of drug-likeness (QED) is 0.539. The Hall–Kier alpha value is -0.380. The summed E-state index contributed by atoms with van der Waals surface area (Å²) >= 11 is 0. The maximum atomic E-state index is 5.23. The fraction of sp³-hybridized carbons (Fsp3) is 0.846. The highest BCUT2D eigenvalue weighted by molar-refractivity contribution is 5.06. The van der Waals surface area contributed by atoms with Crippen LogP contribution in [-0.4, -0.2) is 38.6 Å². The van der Waals surface area contributed by atoms with Crippen LogP contribution in [0.5, 0.6) is 0 Å². The number of fused-ring (bicyclic) bond motifs is 2. The zero-order valence-corrected chi connectivity index (χ0v) is 9.64. The van der Waals surface area contributed by atoms with Gasteiger partial charge >= 0.3 is 0 Å². The first-order chi connectivity index (χ1) is 7.90. The van der Waals surface area contributed by atoms with E-state index >= 15 is 0 Å². The fourth-order valence-corrected chi connectivity index (χ4v) is 2.38. The van der Waals surface area contributed by atoms with Crippen molar-refractivity contribution in [2.24, 2.45) is 11.8 Å². The van der Waals surface area contributed by atoms with E-state index in [9.17, 15) is 0 Å². The molecule has 4 aliphatic rings. The molecule has 2 aliphatic heterocycles. The summed E-state index contributed by atoms with van der Waals surface area (Å²) in [6.07, 6.45) is 9.97. The average molecular weight is 224 g/mol. The van der Waals surface area contributed by atoms with Gasteiger partial charge in [-0.3, -0.25) is 0 Å². The van der Waals surface area contributed by atoms with Gasteiger partial charge in [0.1, 0.15) is 12.2 Å². The number of allylic oxidation sites excluding steroid dienone is 2.